The molecule has 0 spiro atoms. The molecule has 22 heavy (non-hydrogen) atoms. The van der Waals surface area contributed by atoms with Gasteiger partial charge in [0.1, 0.15) is 12.4 Å². The fraction of sp³-hybridized carbons (Fsp3) is 0.500. The molecular weight excluding hydrogens is 282 g/mol. The smallest absolute Gasteiger partial charge is 0.335 e. The third-order valence-corrected chi connectivity index (χ3v) is 3.88. The van der Waals surface area contributed by atoms with Crippen molar-refractivity contribution in [2.45, 2.75) is 27.0 Å². The van der Waals surface area contributed by atoms with Gasteiger partial charge in [0, 0.05) is 20.2 Å². The molecule has 0 aliphatic heterocycles. The normalized spacial score (nSPS) is 11.5. The number of ether oxygens (including phenoxy) is 1. The topological polar surface area (TPSA) is 67.6 Å². The van der Waals surface area contributed by atoms with Crippen molar-refractivity contribution in [1.29, 1.82) is 0 Å². The van der Waals surface area contributed by atoms with Crippen LogP contribution in [-0.2, 0) is 17.9 Å². The molecule has 0 atom stereocenters. The molecule has 120 valence electrons. The number of carbonyl (C=O) groups is 1. The Labute approximate surface area is 130 Å². The maximum absolute atomic E-state index is 11.1. The zero-order chi connectivity index (χ0) is 16.1. The number of aromatic nitrogens is 2. The number of carboxylic acids is 1. The Morgan fingerprint density at radius 1 is 1.36 bits per heavy atom. The van der Waals surface area contributed by atoms with Gasteiger partial charge >= 0.3 is 5.97 Å². The number of rotatable bonds is 8. The summed E-state index contributed by atoms with van der Waals surface area (Å²) in [5, 5.41) is 9.10. The number of methoxy groups -OCH3 is 1. The van der Waals surface area contributed by atoms with Gasteiger partial charge in [0.2, 0.25) is 0 Å². The molecule has 2 rings (SSSR count). The van der Waals surface area contributed by atoms with Crippen LogP contribution in [0.1, 0.15) is 30.0 Å². The third-order valence-electron chi connectivity index (χ3n) is 3.88. The fourth-order valence-electron chi connectivity index (χ4n) is 2.58. The van der Waals surface area contributed by atoms with E-state index in [-0.39, 0.29) is 5.56 Å². The second kappa shape index (κ2) is 7.38. The van der Waals surface area contributed by atoms with Crippen LogP contribution < -0.4 is 0 Å². The van der Waals surface area contributed by atoms with Crippen LogP contribution in [0.15, 0.2) is 18.2 Å². The van der Waals surface area contributed by atoms with Crippen molar-refractivity contribution in [2.75, 3.05) is 26.7 Å². The molecule has 1 aromatic carbocycles. The largest absolute Gasteiger partial charge is 0.478 e. The number of nitrogens with zero attached hydrogens (tertiary/aromatic N) is 3. The lowest BCUT2D eigenvalue weighted by Crippen LogP contribution is -2.27. The summed E-state index contributed by atoms with van der Waals surface area (Å²) in [6.45, 7) is 8.45. The van der Waals surface area contributed by atoms with Gasteiger partial charge in [0.05, 0.1) is 16.6 Å². The highest BCUT2D eigenvalue weighted by Crippen LogP contribution is 2.19. The number of fused-ring (bicyclic) bond motifs is 1. The average Bonchev–Trinajstić information content (AvgIpc) is 2.85. The quantitative estimate of drug-likeness (QED) is 0.810. The minimum absolute atomic E-state index is 0.254. The lowest BCUT2D eigenvalue weighted by molar-refractivity contribution is 0.0697. The van der Waals surface area contributed by atoms with Crippen molar-refractivity contribution < 1.29 is 14.6 Å². The van der Waals surface area contributed by atoms with Gasteiger partial charge in [-0.05, 0) is 31.3 Å². The second-order valence-electron chi connectivity index (χ2n) is 5.15. The van der Waals surface area contributed by atoms with E-state index in [0.29, 0.717) is 12.1 Å². The molecule has 1 aromatic heterocycles. The monoisotopic (exact) mass is 305 g/mol. The molecule has 2 aromatic rings. The van der Waals surface area contributed by atoms with Crippen molar-refractivity contribution in [3.05, 3.63) is 29.6 Å². The van der Waals surface area contributed by atoms with Gasteiger partial charge in [-0.3, -0.25) is 0 Å². The first-order chi connectivity index (χ1) is 10.6. The number of hydrogen-bond acceptors (Lipinski definition) is 4. The van der Waals surface area contributed by atoms with Crippen molar-refractivity contribution in [2.24, 2.45) is 0 Å². The summed E-state index contributed by atoms with van der Waals surface area (Å²) >= 11 is 0. The van der Waals surface area contributed by atoms with Crippen molar-refractivity contribution in [3.8, 4) is 0 Å². The zero-order valence-electron chi connectivity index (χ0n) is 13.4. The fourth-order valence-corrected chi connectivity index (χ4v) is 2.58. The highest BCUT2D eigenvalue weighted by molar-refractivity contribution is 5.92. The maximum atomic E-state index is 11.1. The molecule has 0 aliphatic rings. The molecular formula is C16H23N3O3. The Hall–Kier alpha value is -1.92. The number of imidazole rings is 1. The predicted octanol–water partition coefficient (Wildman–Crippen LogP) is 2.22. The van der Waals surface area contributed by atoms with Gasteiger partial charge in [0.15, 0.2) is 0 Å². The lowest BCUT2D eigenvalue weighted by atomic mass is 10.2. The molecule has 1 heterocycles. The maximum Gasteiger partial charge on any atom is 0.335 e. The van der Waals surface area contributed by atoms with E-state index in [1.807, 2.05) is 6.07 Å². The predicted molar refractivity (Wildman–Crippen MR) is 85.2 cm³/mol. The SMILES string of the molecule is CCN(CC)CCn1c(COC)nc2cc(C(=O)O)ccc21. The second-order valence-corrected chi connectivity index (χ2v) is 5.15. The Kier molecular flexibility index (Phi) is 5.51. The van der Waals surface area contributed by atoms with Crippen LogP contribution in [0.4, 0.5) is 0 Å². The first-order valence-electron chi connectivity index (χ1n) is 7.54. The summed E-state index contributed by atoms with van der Waals surface area (Å²) in [7, 11) is 1.64. The van der Waals surface area contributed by atoms with E-state index >= 15 is 0 Å². The summed E-state index contributed by atoms with van der Waals surface area (Å²) in [5.74, 6) is -0.111. The van der Waals surface area contributed by atoms with Crippen molar-refractivity contribution in [1.82, 2.24) is 14.5 Å². The van der Waals surface area contributed by atoms with E-state index < -0.39 is 5.97 Å². The molecule has 0 saturated carbocycles. The van der Waals surface area contributed by atoms with Gasteiger partial charge in [-0.25, -0.2) is 9.78 Å². The Balaban J connectivity index is 2.36. The van der Waals surface area contributed by atoms with Gasteiger partial charge in [-0.2, -0.15) is 0 Å². The average molecular weight is 305 g/mol. The highest BCUT2D eigenvalue weighted by atomic mass is 16.5. The Bertz CT molecular complexity index is 647. The first-order valence-corrected chi connectivity index (χ1v) is 7.54. The van der Waals surface area contributed by atoms with Crippen LogP contribution in [0.5, 0.6) is 0 Å². The number of carboxylic acid groups (broad SMARTS) is 1. The number of benzene rings is 1. The lowest BCUT2D eigenvalue weighted by Gasteiger charge is -2.19. The molecule has 1 N–H and O–H groups in total. The summed E-state index contributed by atoms with van der Waals surface area (Å²) in [5.41, 5.74) is 1.90. The summed E-state index contributed by atoms with van der Waals surface area (Å²) in [6.07, 6.45) is 0. The van der Waals surface area contributed by atoms with Gasteiger partial charge in [0.25, 0.3) is 0 Å². The van der Waals surface area contributed by atoms with E-state index in [2.05, 4.69) is 28.3 Å². The summed E-state index contributed by atoms with van der Waals surface area (Å²) < 4.78 is 7.34. The third kappa shape index (κ3) is 3.45. The molecule has 0 radical (unpaired) electrons. The van der Waals surface area contributed by atoms with Crippen molar-refractivity contribution >= 4 is 17.0 Å². The van der Waals surface area contributed by atoms with Gasteiger partial charge < -0.3 is 19.3 Å². The van der Waals surface area contributed by atoms with Crippen LogP contribution in [-0.4, -0.2) is 52.3 Å². The molecule has 0 unspecified atom stereocenters. The van der Waals surface area contributed by atoms with Crippen LogP contribution in [0.25, 0.3) is 11.0 Å². The van der Waals surface area contributed by atoms with Gasteiger partial charge in [-0.1, -0.05) is 13.8 Å². The first kappa shape index (κ1) is 16.5. The molecule has 0 amide bonds. The molecule has 0 bridgehead atoms. The summed E-state index contributed by atoms with van der Waals surface area (Å²) in [4.78, 5) is 18.0. The number of hydrogen-bond donors (Lipinski definition) is 1. The Morgan fingerprint density at radius 3 is 2.68 bits per heavy atom. The zero-order valence-corrected chi connectivity index (χ0v) is 13.4. The van der Waals surface area contributed by atoms with E-state index in [9.17, 15) is 4.79 Å². The molecule has 0 aliphatic carbocycles. The van der Waals surface area contributed by atoms with E-state index in [0.717, 1.165) is 37.5 Å². The molecule has 6 heteroatoms. The van der Waals surface area contributed by atoms with Crippen LogP contribution in [0.3, 0.4) is 0 Å². The van der Waals surface area contributed by atoms with Gasteiger partial charge in [-0.15, -0.1) is 0 Å². The number of likely N-dealkylation sites (N-methyl/N-ethyl adjacent to an activating group) is 1. The minimum atomic E-state index is -0.937. The summed E-state index contributed by atoms with van der Waals surface area (Å²) in [6, 6.07) is 5.06. The molecule has 0 saturated heterocycles. The van der Waals surface area contributed by atoms with E-state index in [1.54, 1.807) is 19.2 Å². The number of aromatic carboxylic acids is 1. The van der Waals surface area contributed by atoms with Crippen molar-refractivity contribution in [3.63, 3.8) is 0 Å². The van der Waals surface area contributed by atoms with E-state index in [1.165, 1.54) is 0 Å². The van der Waals surface area contributed by atoms with E-state index in [4.69, 9.17) is 9.84 Å². The van der Waals surface area contributed by atoms with Crippen LogP contribution in [0.2, 0.25) is 0 Å². The van der Waals surface area contributed by atoms with Crippen LogP contribution >= 0.6 is 0 Å². The minimum Gasteiger partial charge on any atom is -0.478 e. The molecule has 6 nitrogen and oxygen atoms in total. The van der Waals surface area contributed by atoms with Crippen LogP contribution in [0, 0.1) is 0 Å². The molecule has 0 fully saturated rings. The Morgan fingerprint density at radius 2 is 2.09 bits per heavy atom. The highest BCUT2D eigenvalue weighted by Gasteiger charge is 2.13. The standard InChI is InChI=1S/C16H23N3O3/c1-4-18(5-2)8-9-19-14-7-6-12(16(20)21)10-13(14)17-15(19)11-22-3/h6-7,10H,4-5,8-9,11H2,1-3H3,(H,20,21).